The number of amides is 2. The third-order valence-corrected chi connectivity index (χ3v) is 5.52. The SMILES string of the molecule is Cc1cccc(C(=O)N/C(=C\c2cccs2)C(=O)NCCCc2ccc(Cl)cc2)c1. The van der Waals surface area contributed by atoms with Crippen molar-refractivity contribution in [3.63, 3.8) is 0 Å². The average Bonchev–Trinajstić information content (AvgIpc) is 3.25. The van der Waals surface area contributed by atoms with E-state index in [0.29, 0.717) is 17.1 Å². The summed E-state index contributed by atoms with van der Waals surface area (Å²) >= 11 is 7.41. The molecule has 0 unspecified atom stereocenters. The minimum atomic E-state index is -0.308. The molecule has 0 bridgehead atoms. The van der Waals surface area contributed by atoms with Gasteiger partial charge < -0.3 is 10.6 Å². The molecule has 1 heterocycles. The summed E-state index contributed by atoms with van der Waals surface area (Å²) < 4.78 is 0. The molecule has 2 N–H and O–H groups in total. The minimum absolute atomic E-state index is 0.232. The number of nitrogens with one attached hydrogen (secondary N) is 2. The van der Waals surface area contributed by atoms with Crippen LogP contribution in [0.5, 0.6) is 0 Å². The number of hydrogen-bond donors (Lipinski definition) is 2. The largest absolute Gasteiger partial charge is 0.351 e. The van der Waals surface area contributed by atoms with Gasteiger partial charge in [-0.2, -0.15) is 0 Å². The van der Waals surface area contributed by atoms with Gasteiger partial charge in [-0.3, -0.25) is 9.59 Å². The molecule has 0 saturated carbocycles. The number of carbonyl (C=O) groups excluding carboxylic acids is 2. The molecule has 0 atom stereocenters. The van der Waals surface area contributed by atoms with E-state index in [1.807, 2.05) is 60.8 Å². The molecule has 0 aliphatic rings. The molecule has 2 aromatic carbocycles. The van der Waals surface area contributed by atoms with E-state index in [1.165, 1.54) is 11.3 Å². The Bertz CT molecular complexity index is 1030. The summed E-state index contributed by atoms with van der Waals surface area (Å²) in [6.07, 6.45) is 3.31. The molecule has 1 aromatic heterocycles. The van der Waals surface area contributed by atoms with Gasteiger partial charge in [0, 0.05) is 22.0 Å². The number of hydrogen-bond acceptors (Lipinski definition) is 3. The number of halogens is 1. The molecule has 3 rings (SSSR count). The zero-order chi connectivity index (χ0) is 21.3. The van der Waals surface area contributed by atoms with Crippen LogP contribution in [-0.2, 0) is 11.2 Å². The van der Waals surface area contributed by atoms with Gasteiger partial charge in [0.25, 0.3) is 11.8 Å². The Hall–Kier alpha value is -2.89. The van der Waals surface area contributed by atoms with E-state index in [0.717, 1.165) is 28.8 Å². The lowest BCUT2D eigenvalue weighted by Crippen LogP contribution is -2.35. The Morgan fingerprint density at radius 2 is 1.87 bits per heavy atom. The first-order chi connectivity index (χ1) is 14.5. The van der Waals surface area contributed by atoms with E-state index in [1.54, 1.807) is 18.2 Å². The molecule has 6 heteroatoms. The molecule has 0 saturated heterocycles. The number of benzene rings is 2. The Morgan fingerprint density at radius 3 is 2.57 bits per heavy atom. The van der Waals surface area contributed by atoms with Crippen molar-refractivity contribution in [2.24, 2.45) is 0 Å². The predicted octanol–water partition coefficient (Wildman–Crippen LogP) is 5.23. The van der Waals surface area contributed by atoms with E-state index in [4.69, 9.17) is 11.6 Å². The number of thiophene rings is 1. The smallest absolute Gasteiger partial charge is 0.267 e. The van der Waals surface area contributed by atoms with Crippen LogP contribution in [0.25, 0.3) is 6.08 Å². The Morgan fingerprint density at radius 1 is 1.07 bits per heavy atom. The molecule has 154 valence electrons. The fraction of sp³-hybridized carbons (Fsp3) is 0.167. The van der Waals surface area contributed by atoms with Crippen molar-refractivity contribution in [2.45, 2.75) is 19.8 Å². The quantitative estimate of drug-likeness (QED) is 0.373. The average molecular weight is 439 g/mol. The van der Waals surface area contributed by atoms with Crippen LogP contribution < -0.4 is 10.6 Å². The number of aryl methyl sites for hydroxylation is 2. The van der Waals surface area contributed by atoms with Crippen molar-refractivity contribution in [1.29, 1.82) is 0 Å². The highest BCUT2D eigenvalue weighted by Gasteiger charge is 2.15. The standard InChI is InChI=1S/C24H23ClN2O2S/c1-17-5-2-7-19(15-17)23(28)27-22(16-21-8-4-14-30-21)24(29)26-13-3-6-18-9-11-20(25)12-10-18/h2,4-5,7-12,14-16H,3,6,13H2,1H3,(H,26,29)(H,27,28)/b22-16-. The topological polar surface area (TPSA) is 58.2 Å². The summed E-state index contributed by atoms with van der Waals surface area (Å²) in [6.45, 7) is 2.43. The highest BCUT2D eigenvalue weighted by atomic mass is 35.5. The van der Waals surface area contributed by atoms with Gasteiger partial charge in [-0.25, -0.2) is 0 Å². The molecule has 4 nitrogen and oxygen atoms in total. The summed E-state index contributed by atoms with van der Waals surface area (Å²) in [7, 11) is 0. The second kappa shape index (κ2) is 10.8. The van der Waals surface area contributed by atoms with Crippen LogP contribution in [0.2, 0.25) is 5.02 Å². The summed E-state index contributed by atoms with van der Waals surface area (Å²) in [5.41, 5.74) is 2.90. The first kappa shape index (κ1) is 21.8. The van der Waals surface area contributed by atoms with Gasteiger partial charge in [0.05, 0.1) is 0 Å². The third kappa shape index (κ3) is 6.58. The van der Waals surface area contributed by atoms with Gasteiger partial charge in [0.1, 0.15) is 5.70 Å². The van der Waals surface area contributed by atoms with Crippen LogP contribution in [0.3, 0.4) is 0 Å². The fourth-order valence-electron chi connectivity index (χ4n) is 2.90. The highest BCUT2D eigenvalue weighted by molar-refractivity contribution is 7.10. The van der Waals surface area contributed by atoms with Crippen LogP contribution in [-0.4, -0.2) is 18.4 Å². The number of carbonyl (C=O) groups is 2. The zero-order valence-electron chi connectivity index (χ0n) is 16.7. The molecule has 2 amide bonds. The lowest BCUT2D eigenvalue weighted by molar-refractivity contribution is -0.117. The van der Waals surface area contributed by atoms with Crippen LogP contribution in [0.15, 0.2) is 71.7 Å². The highest BCUT2D eigenvalue weighted by Crippen LogP contribution is 2.14. The molecule has 0 aliphatic heterocycles. The summed E-state index contributed by atoms with van der Waals surface area (Å²) in [6, 6.07) is 18.8. The molecule has 30 heavy (non-hydrogen) atoms. The fourth-order valence-corrected chi connectivity index (χ4v) is 3.68. The van der Waals surface area contributed by atoms with E-state index in [9.17, 15) is 9.59 Å². The maximum atomic E-state index is 12.8. The molecule has 3 aromatic rings. The zero-order valence-corrected chi connectivity index (χ0v) is 18.2. The Balaban J connectivity index is 1.62. The number of rotatable bonds is 8. The van der Waals surface area contributed by atoms with Gasteiger partial charge in [-0.05, 0) is 67.1 Å². The van der Waals surface area contributed by atoms with Crippen LogP contribution in [0.4, 0.5) is 0 Å². The van der Waals surface area contributed by atoms with E-state index in [-0.39, 0.29) is 17.5 Å². The van der Waals surface area contributed by atoms with E-state index in [2.05, 4.69) is 10.6 Å². The van der Waals surface area contributed by atoms with E-state index >= 15 is 0 Å². The van der Waals surface area contributed by atoms with Crippen molar-refractivity contribution in [2.75, 3.05) is 6.54 Å². The van der Waals surface area contributed by atoms with Crippen LogP contribution in [0, 0.1) is 6.92 Å². The molecular weight excluding hydrogens is 416 g/mol. The second-order valence-electron chi connectivity index (χ2n) is 6.88. The van der Waals surface area contributed by atoms with Gasteiger partial charge in [0.15, 0.2) is 0 Å². The predicted molar refractivity (Wildman–Crippen MR) is 124 cm³/mol. The Labute approximate surface area is 185 Å². The maximum Gasteiger partial charge on any atom is 0.267 e. The first-order valence-corrected chi connectivity index (χ1v) is 10.9. The summed E-state index contributed by atoms with van der Waals surface area (Å²) in [5.74, 6) is -0.613. The molecule has 0 spiro atoms. The summed E-state index contributed by atoms with van der Waals surface area (Å²) in [4.78, 5) is 26.3. The maximum absolute atomic E-state index is 12.8. The Kier molecular flexibility index (Phi) is 7.82. The van der Waals surface area contributed by atoms with Crippen LogP contribution in [0.1, 0.15) is 32.8 Å². The van der Waals surface area contributed by atoms with Crippen molar-refractivity contribution < 1.29 is 9.59 Å². The van der Waals surface area contributed by atoms with Gasteiger partial charge in [-0.15, -0.1) is 11.3 Å². The van der Waals surface area contributed by atoms with Crippen LogP contribution >= 0.6 is 22.9 Å². The van der Waals surface area contributed by atoms with Crippen molar-refractivity contribution in [3.8, 4) is 0 Å². The first-order valence-electron chi connectivity index (χ1n) is 9.67. The van der Waals surface area contributed by atoms with E-state index < -0.39 is 0 Å². The lowest BCUT2D eigenvalue weighted by Gasteiger charge is -2.11. The van der Waals surface area contributed by atoms with Crippen molar-refractivity contribution in [1.82, 2.24) is 10.6 Å². The third-order valence-electron chi connectivity index (χ3n) is 4.44. The van der Waals surface area contributed by atoms with Gasteiger partial charge in [0.2, 0.25) is 0 Å². The second-order valence-corrected chi connectivity index (χ2v) is 8.30. The molecule has 0 radical (unpaired) electrons. The normalized spacial score (nSPS) is 11.2. The molecule has 0 fully saturated rings. The molecule has 0 aliphatic carbocycles. The van der Waals surface area contributed by atoms with Gasteiger partial charge >= 0.3 is 0 Å². The van der Waals surface area contributed by atoms with Gasteiger partial charge in [-0.1, -0.05) is 47.5 Å². The summed E-state index contributed by atoms with van der Waals surface area (Å²) in [5, 5.41) is 8.30. The monoisotopic (exact) mass is 438 g/mol. The van der Waals surface area contributed by atoms with Crippen molar-refractivity contribution in [3.05, 3.63) is 98.3 Å². The lowest BCUT2D eigenvalue weighted by atomic mass is 10.1. The van der Waals surface area contributed by atoms with Crippen molar-refractivity contribution >= 4 is 40.8 Å². The molecular formula is C24H23ClN2O2S. The minimum Gasteiger partial charge on any atom is -0.351 e.